The SMILES string of the molecule is CC(C)(C)OC(=O)N1CC(Nc2nc(-c3cn(S)c4ncc(Cl)cc34)ncc2F)C1. The number of carbonyl (C=O) groups excluding carboxylic acids is 1. The van der Waals surface area contributed by atoms with Gasteiger partial charge in [0, 0.05) is 36.4 Å². The second-order valence-electron chi connectivity index (χ2n) is 8.03. The van der Waals surface area contributed by atoms with Crippen LogP contribution in [-0.4, -0.2) is 54.6 Å². The molecule has 0 unspecified atom stereocenters. The van der Waals surface area contributed by atoms with E-state index in [1.807, 2.05) is 20.8 Å². The molecule has 1 fully saturated rings. The number of pyridine rings is 1. The summed E-state index contributed by atoms with van der Waals surface area (Å²) in [5, 5.41) is 4.19. The number of likely N-dealkylation sites (tertiary alicyclic amines) is 1. The quantitative estimate of drug-likeness (QED) is 0.586. The number of hydrogen-bond acceptors (Lipinski definition) is 7. The highest BCUT2D eigenvalue weighted by Crippen LogP contribution is 2.31. The zero-order valence-corrected chi connectivity index (χ0v) is 18.2. The first-order valence-electron chi connectivity index (χ1n) is 9.24. The van der Waals surface area contributed by atoms with Gasteiger partial charge in [0.05, 0.1) is 17.3 Å². The molecule has 8 nitrogen and oxygen atoms in total. The number of thiol groups is 1. The maximum absolute atomic E-state index is 14.3. The lowest BCUT2D eigenvalue weighted by molar-refractivity contribution is 0.0104. The van der Waals surface area contributed by atoms with Crippen LogP contribution in [0.1, 0.15) is 20.8 Å². The van der Waals surface area contributed by atoms with Crippen molar-refractivity contribution in [2.45, 2.75) is 32.4 Å². The largest absolute Gasteiger partial charge is 0.444 e. The van der Waals surface area contributed by atoms with Crippen molar-refractivity contribution in [2.24, 2.45) is 0 Å². The Morgan fingerprint density at radius 3 is 2.77 bits per heavy atom. The summed E-state index contributed by atoms with van der Waals surface area (Å²) in [6.07, 6.45) is 3.93. The summed E-state index contributed by atoms with van der Waals surface area (Å²) in [7, 11) is 0. The molecule has 0 atom stereocenters. The summed E-state index contributed by atoms with van der Waals surface area (Å²) in [5.74, 6) is -0.215. The highest BCUT2D eigenvalue weighted by Gasteiger charge is 2.34. The van der Waals surface area contributed by atoms with Crippen LogP contribution >= 0.6 is 24.4 Å². The van der Waals surface area contributed by atoms with E-state index in [0.29, 0.717) is 40.5 Å². The Morgan fingerprint density at radius 2 is 2.07 bits per heavy atom. The zero-order chi connectivity index (χ0) is 21.6. The number of nitrogens with one attached hydrogen (secondary N) is 1. The van der Waals surface area contributed by atoms with Gasteiger partial charge < -0.3 is 15.0 Å². The van der Waals surface area contributed by atoms with E-state index >= 15 is 0 Å². The maximum Gasteiger partial charge on any atom is 0.410 e. The summed E-state index contributed by atoms with van der Waals surface area (Å²) >= 11 is 10.4. The monoisotopic (exact) mass is 450 g/mol. The molecule has 1 saturated heterocycles. The molecule has 0 spiro atoms. The van der Waals surface area contributed by atoms with Crippen LogP contribution in [0.25, 0.3) is 22.4 Å². The van der Waals surface area contributed by atoms with Gasteiger partial charge >= 0.3 is 6.09 Å². The Morgan fingerprint density at radius 1 is 1.33 bits per heavy atom. The smallest absolute Gasteiger partial charge is 0.410 e. The second kappa shape index (κ2) is 7.59. The molecule has 1 aliphatic heterocycles. The van der Waals surface area contributed by atoms with Gasteiger partial charge in [-0.25, -0.2) is 24.1 Å². The average molecular weight is 451 g/mol. The first-order chi connectivity index (χ1) is 14.1. The number of nitrogens with zero attached hydrogens (tertiary/aromatic N) is 5. The van der Waals surface area contributed by atoms with E-state index in [1.165, 1.54) is 10.2 Å². The normalized spacial score (nSPS) is 14.7. The van der Waals surface area contributed by atoms with Crippen LogP contribution in [0.4, 0.5) is 15.0 Å². The molecule has 0 radical (unpaired) electrons. The van der Waals surface area contributed by atoms with Gasteiger partial charge in [-0.3, -0.25) is 3.97 Å². The Balaban J connectivity index is 1.52. The lowest BCUT2D eigenvalue weighted by Crippen LogP contribution is -2.58. The molecule has 11 heteroatoms. The molecule has 0 saturated carbocycles. The summed E-state index contributed by atoms with van der Waals surface area (Å²) < 4.78 is 21.2. The Labute approximate surface area is 183 Å². The van der Waals surface area contributed by atoms with Crippen LogP contribution in [0.3, 0.4) is 0 Å². The van der Waals surface area contributed by atoms with Crippen molar-refractivity contribution in [3.8, 4) is 11.4 Å². The molecular formula is C19H20ClFN6O2S. The van der Waals surface area contributed by atoms with Crippen molar-refractivity contribution in [3.05, 3.63) is 35.5 Å². The van der Waals surface area contributed by atoms with Gasteiger partial charge in [-0.15, -0.1) is 0 Å². The molecular weight excluding hydrogens is 431 g/mol. The number of rotatable bonds is 3. The van der Waals surface area contributed by atoms with Gasteiger partial charge in [-0.2, -0.15) is 0 Å². The highest BCUT2D eigenvalue weighted by molar-refractivity contribution is 7.78. The topological polar surface area (TPSA) is 85.2 Å². The molecule has 3 aromatic heterocycles. The molecule has 4 heterocycles. The van der Waals surface area contributed by atoms with E-state index in [1.54, 1.807) is 17.2 Å². The van der Waals surface area contributed by atoms with Crippen LogP contribution < -0.4 is 5.32 Å². The first-order valence-corrected chi connectivity index (χ1v) is 10.0. The Bertz CT molecular complexity index is 1130. The molecule has 0 aliphatic carbocycles. The molecule has 0 bridgehead atoms. The predicted molar refractivity (Wildman–Crippen MR) is 115 cm³/mol. The van der Waals surface area contributed by atoms with Crippen LogP contribution in [-0.2, 0) is 4.74 Å². The molecule has 1 amide bonds. The third kappa shape index (κ3) is 4.15. The van der Waals surface area contributed by atoms with Crippen molar-refractivity contribution in [3.63, 3.8) is 0 Å². The molecule has 3 aromatic rings. The van der Waals surface area contributed by atoms with E-state index in [0.717, 1.165) is 6.20 Å². The third-order valence-corrected chi connectivity index (χ3v) is 4.96. The number of fused-ring (bicyclic) bond motifs is 1. The minimum Gasteiger partial charge on any atom is -0.444 e. The number of carbonyl (C=O) groups is 1. The van der Waals surface area contributed by atoms with Gasteiger partial charge in [0.2, 0.25) is 0 Å². The van der Waals surface area contributed by atoms with Crippen molar-refractivity contribution in [2.75, 3.05) is 18.4 Å². The molecule has 4 rings (SSSR count). The minimum absolute atomic E-state index is 0.0592. The van der Waals surface area contributed by atoms with Crippen LogP contribution in [0.2, 0.25) is 5.02 Å². The fraction of sp³-hybridized carbons (Fsp3) is 0.368. The molecule has 30 heavy (non-hydrogen) atoms. The van der Waals surface area contributed by atoms with Crippen molar-refractivity contribution < 1.29 is 13.9 Å². The Kier molecular flexibility index (Phi) is 5.23. The second-order valence-corrected chi connectivity index (χ2v) is 8.90. The number of ether oxygens (including phenoxy) is 1. The van der Waals surface area contributed by atoms with E-state index in [9.17, 15) is 9.18 Å². The maximum atomic E-state index is 14.3. The summed E-state index contributed by atoms with van der Waals surface area (Å²) in [4.78, 5) is 26.3. The zero-order valence-electron chi connectivity index (χ0n) is 16.6. The van der Waals surface area contributed by atoms with Gasteiger partial charge in [-0.1, -0.05) is 24.4 Å². The molecule has 0 aromatic carbocycles. The van der Waals surface area contributed by atoms with Crippen LogP contribution in [0.15, 0.2) is 24.7 Å². The number of hydrogen-bond donors (Lipinski definition) is 2. The number of anilines is 1. The first kappa shape index (κ1) is 20.7. The summed E-state index contributed by atoms with van der Waals surface area (Å²) in [5.41, 5.74) is 0.655. The predicted octanol–water partition coefficient (Wildman–Crippen LogP) is 4.01. The molecule has 158 valence electrons. The van der Waals surface area contributed by atoms with E-state index < -0.39 is 17.5 Å². The molecule has 1 N–H and O–H groups in total. The van der Waals surface area contributed by atoms with E-state index in [2.05, 4.69) is 33.1 Å². The third-order valence-electron chi connectivity index (χ3n) is 4.45. The standard InChI is InChI=1S/C19H20ClFN6O2S/c1-19(2,3)29-18(28)26-7-11(8-26)24-16-14(21)6-22-15(25-16)13-9-27(30)17-12(13)4-10(20)5-23-17/h4-6,9,11,30H,7-8H2,1-3H3,(H,22,24,25). The van der Waals surface area contributed by atoms with Gasteiger partial charge in [-0.05, 0) is 26.8 Å². The fourth-order valence-electron chi connectivity index (χ4n) is 3.08. The van der Waals surface area contributed by atoms with Crippen molar-refractivity contribution >= 4 is 47.4 Å². The van der Waals surface area contributed by atoms with Gasteiger partial charge in [0.25, 0.3) is 0 Å². The number of amides is 1. The number of halogens is 2. The summed E-state index contributed by atoms with van der Waals surface area (Å²) in [6.45, 7) is 6.21. The van der Waals surface area contributed by atoms with Gasteiger partial charge in [0.1, 0.15) is 5.60 Å². The fourth-order valence-corrected chi connectivity index (χ4v) is 3.51. The highest BCUT2D eigenvalue weighted by atomic mass is 35.5. The van der Waals surface area contributed by atoms with E-state index in [4.69, 9.17) is 16.3 Å². The Hall–Kier alpha value is -2.59. The average Bonchev–Trinajstić information content (AvgIpc) is 2.93. The molecule has 1 aliphatic rings. The van der Waals surface area contributed by atoms with Crippen LogP contribution in [0, 0.1) is 5.82 Å². The summed E-state index contributed by atoms with van der Waals surface area (Å²) in [6, 6.07) is 1.59. The number of aromatic nitrogens is 4. The van der Waals surface area contributed by atoms with Crippen molar-refractivity contribution in [1.82, 2.24) is 23.8 Å². The van der Waals surface area contributed by atoms with E-state index in [-0.39, 0.29) is 11.9 Å². The lowest BCUT2D eigenvalue weighted by atomic mass is 10.1. The lowest BCUT2D eigenvalue weighted by Gasteiger charge is -2.40. The van der Waals surface area contributed by atoms with Gasteiger partial charge in [0.15, 0.2) is 23.1 Å². The minimum atomic E-state index is -0.583. The van der Waals surface area contributed by atoms with Crippen LogP contribution in [0.5, 0.6) is 0 Å². The van der Waals surface area contributed by atoms with Crippen molar-refractivity contribution in [1.29, 1.82) is 0 Å².